The lowest BCUT2D eigenvalue weighted by Gasteiger charge is -2.47. The molecule has 27 heavy (non-hydrogen) atoms. The fraction of sp³-hybridized carbons (Fsp3) is 0.474. The molecular formula is C19H21ClN6O. The first kappa shape index (κ1) is 15.9. The molecule has 2 bridgehead atoms. The van der Waals surface area contributed by atoms with E-state index in [4.69, 9.17) is 16.3 Å². The Morgan fingerprint density at radius 1 is 1.04 bits per heavy atom. The average Bonchev–Trinajstić information content (AvgIpc) is 3.25. The third kappa shape index (κ3) is 2.56. The lowest BCUT2D eigenvalue weighted by Crippen LogP contribution is -2.64. The Kier molecular flexibility index (Phi) is 3.51. The Balaban J connectivity index is 1.45. The summed E-state index contributed by atoms with van der Waals surface area (Å²) in [6.45, 7) is 3.28. The van der Waals surface area contributed by atoms with Crippen LogP contribution in [0.5, 0.6) is 0 Å². The number of benzene rings is 1. The largest absolute Gasteiger partial charge is 0.377 e. The maximum Gasteiger partial charge on any atom is 0.103 e. The normalized spacial score (nSPS) is 25.3. The molecule has 1 aliphatic carbocycles. The number of morpholine rings is 1. The molecule has 2 unspecified atom stereocenters. The molecule has 0 radical (unpaired) electrons. The van der Waals surface area contributed by atoms with E-state index in [2.05, 4.69) is 37.4 Å². The van der Waals surface area contributed by atoms with Gasteiger partial charge in [-0.1, -0.05) is 11.6 Å². The second-order valence-electron chi connectivity index (χ2n) is 7.74. The molecule has 8 heteroatoms. The number of fused-ring (bicyclic) bond motifs is 3. The summed E-state index contributed by atoms with van der Waals surface area (Å²) >= 11 is 6.70. The van der Waals surface area contributed by atoms with Gasteiger partial charge in [-0.25, -0.2) is 4.68 Å². The molecule has 0 amide bonds. The maximum atomic E-state index is 6.70. The van der Waals surface area contributed by atoms with Crippen molar-refractivity contribution in [3.05, 3.63) is 35.7 Å². The van der Waals surface area contributed by atoms with Crippen molar-refractivity contribution >= 4 is 28.2 Å². The molecule has 4 heterocycles. The predicted octanol–water partition coefficient (Wildman–Crippen LogP) is 2.39. The van der Waals surface area contributed by atoms with E-state index in [-0.39, 0.29) is 0 Å². The summed E-state index contributed by atoms with van der Waals surface area (Å²) in [7, 11) is 0. The van der Waals surface area contributed by atoms with Crippen LogP contribution in [-0.4, -0.2) is 57.9 Å². The van der Waals surface area contributed by atoms with Crippen LogP contribution in [0.4, 0.5) is 5.69 Å². The van der Waals surface area contributed by atoms with Gasteiger partial charge >= 0.3 is 0 Å². The highest BCUT2D eigenvalue weighted by Crippen LogP contribution is 2.37. The first-order valence-electron chi connectivity index (χ1n) is 9.56. The van der Waals surface area contributed by atoms with Crippen LogP contribution in [0.2, 0.25) is 5.02 Å². The van der Waals surface area contributed by atoms with Crippen LogP contribution in [-0.2, 0) is 4.74 Å². The Labute approximate surface area is 161 Å². The minimum Gasteiger partial charge on any atom is -0.377 e. The first-order valence-corrected chi connectivity index (χ1v) is 9.94. The van der Waals surface area contributed by atoms with E-state index in [1.54, 1.807) is 0 Å². The van der Waals surface area contributed by atoms with E-state index in [0.29, 0.717) is 18.1 Å². The summed E-state index contributed by atoms with van der Waals surface area (Å²) < 4.78 is 9.79. The van der Waals surface area contributed by atoms with Crippen molar-refractivity contribution in [3.63, 3.8) is 0 Å². The van der Waals surface area contributed by atoms with E-state index in [1.807, 2.05) is 23.1 Å². The molecule has 2 saturated heterocycles. The highest BCUT2D eigenvalue weighted by atomic mass is 35.5. The zero-order valence-electron chi connectivity index (χ0n) is 14.9. The summed E-state index contributed by atoms with van der Waals surface area (Å²) in [6.07, 6.45) is 8.29. The fourth-order valence-corrected chi connectivity index (χ4v) is 4.61. The molecular weight excluding hydrogens is 364 g/mol. The van der Waals surface area contributed by atoms with E-state index in [9.17, 15) is 0 Å². The molecule has 3 aromatic rings. The van der Waals surface area contributed by atoms with Crippen LogP contribution in [0.1, 0.15) is 18.9 Å². The van der Waals surface area contributed by atoms with Gasteiger partial charge in [0.25, 0.3) is 0 Å². The van der Waals surface area contributed by atoms with Gasteiger partial charge in [-0.05, 0) is 25.0 Å². The quantitative estimate of drug-likeness (QED) is 0.751. The van der Waals surface area contributed by atoms with E-state index >= 15 is 0 Å². The minimum atomic E-state index is 0.307. The van der Waals surface area contributed by atoms with Crippen molar-refractivity contribution in [1.82, 2.24) is 24.9 Å². The number of rotatable bonds is 3. The summed E-state index contributed by atoms with van der Waals surface area (Å²) in [4.78, 5) is 2.44. The van der Waals surface area contributed by atoms with Crippen LogP contribution in [0.15, 0.2) is 30.7 Å². The van der Waals surface area contributed by atoms with Crippen molar-refractivity contribution in [1.29, 1.82) is 0 Å². The number of ether oxygens (including phenoxy) is 1. The lowest BCUT2D eigenvalue weighted by atomic mass is 10.0. The molecule has 2 aliphatic heterocycles. The lowest BCUT2D eigenvalue weighted by molar-refractivity contribution is 0.0528. The van der Waals surface area contributed by atoms with E-state index in [1.165, 1.54) is 12.8 Å². The van der Waals surface area contributed by atoms with Crippen molar-refractivity contribution in [3.8, 4) is 5.69 Å². The third-order valence-electron chi connectivity index (χ3n) is 5.84. The number of hydrogen-bond donors (Lipinski definition) is 1. The number of hydrogen-bond acceptors (Lipinski definition) is 5. The van der Waals surface area contributed by atoms with E-state index < -0.39 is 0 Å². The van der Waals surface area contributed by atoms with Crippen molar-refractivity contribution < 1.29 is 4.74 Å². The SMILES string of the molecule is Clc1cc2cnn(-c3cnn(C4CC4)c3)c2cc1N1C2CNCC1COC2. The number of nitrogens with zero attached hydrogens (tertiary/aromatic N) is 5. The maximum absolute atomic E-state index is 6.70. The third-order valence-corrected chi connectivity index (χ3v) is 6.14. The van der Waals surface area contributed by atoms with E-state index in [0.717, 1.165) is 53.6 Å². The molecule has 1 aromatic carbocycles. The molecule has 3 fully saturated rings. The van der Waals surface area contributed by atoms with Gasteiger partial charge in [-0.15, -0.1) is 0 Å². The Hall–Kier alpha value is -2.09. The average molecular weight is 385 g/mol. The molecule has 2 aromatic heterocycles. The molecule has 1 saturated carbocycles. The Morgan fingerprint density at radius 3 is 2.63 bits per heavy atom. The number of nitrogens with one attached hydrogen (secondary N) is 1. The Bertz CT molecular complexity index is 987. The van der Waals surface area contributed by atoms with Crippen LogP contribution in [0.3, 0.4) is 0 Å². The van der Waals surface area contributed by atoms with Crippen molar-refractivity contribution in [2.45, 2.75) is 31.0 Å². The Morgan fingerprint density at radius 2 is 1.85 bits per heavy atom. The zero-order valence-corrected chi connectivity index (χ0v) is 15.6. The van der Waals surface area contributed by atoms with Gasteiger partial charge in [-0.3, -0.25) is 4.68 Å². The molecule has 6 rings (SSSR count). The van der Waals surface area contributed by atoms with Crippen molar-refractivity contribution in [2.75, 3.05) is 31.2 Å². The van der Waals surface area contributed by atoms with Crippen LogP contribution in [0.25, 0.3) is 16.6 Å². The van der Waals surface area contributed by atoms with Crippen LogP contribution in [0, 0.1) is 0 Å². The first-order chi connectivity index (χ1) is 13.3. The predicted molar refractivity (Wildman–Crippen MR) is 104 cm³/mol. The highest BCUT2D eigenvalue weighted by Gasteiger charge is 2.36. The number of anilines is 1. The molecule has 2 atom stereocenters. The molecule has 3 aliphatic rings. The summed E-state index contributed by atoms with van der Waals surface area (Å²) in [6, 6.07) is 5.38. The minimum absolute atomic E-state index is 0.307. The zero-order chi connectivity index (χ0) is 18.0. The summed E-state index contributed by atoms with van der Waals surface area (Å²) in [5.74, 6) is 0. The smallest absolute Gasteiger partial charge is 0.103 e. The van der Waals surface area contributed by atoms with Gasteiger partial charge in [0.1, 0.15) is 5.69 Å². The number of piperazine rings is 1. The van der Waals surface area contributed by atoms with Gasteiger partial charge in [0.05, 0.1) is 66.2 Å². The number of halogens is 1. The van der Waals surface area contributed by atoms with Crippen molar-refractivity contribution in [2.24, 2.45) is 0 Å². The van der Waals surface area contributed by atoms with Gasteiger partial charge in [0.2, 0.25) is 0 Å². The van der Waals surface area contributed by atoms with Crippen LogP contribution < -0.4 is 10.2 Å². The second-order valence-corrected chi connectivity index (χ2v) is 8.15. The standard InChI is InChI=1S/C19H21ClN6O/c20-17-3-12-5-23-26(14-8-22-24(9-14)13-1-2-13)18(12)4-19(17)25-15-6-21-7-16(25)11-27-10-15/h3-5,8-9,13,15-16,21H,1-2,6-7,10-11H2. The number of aromatic nitrogens is 4. The summed E-state index contributed by atoms with van der Waals surface area (Å²) in [5.41, 5.74) is 3.12. The van der Waals surface area contributed by atoms with Crippen LogP contribution >= 0.6 is 11.6 Å². The highest BCUT2D eigenvalue weighted by molar-refractivity contribution is 6.34. The molecule has 1 N–H and O–H groups in total. The second kappa shape index (κ2) is 5.95. The molecule has 0 spiro atoms. The fourth-order valence-electron chi connectivity index (χ4n) is 4.34. The molecule has 140 valence electrons. The van der Waals surface area contributed by atoms with Gasteiger partial charge in [0.15, 0.2) is 0 Å². The monoisotopic (exact) mass is 384 g/mol. The van der Waals surface area contributed by atoms with Gasteiger partial charge < -0.3 is 15.0 Å². The molecule has 7 nitrogen and oxygen atoms in total. The summed E-state index contributed by atoms with van der Waals surface area (Å²) in [5, 5.41) is 14.4. The topological polar surface area (TPSA) is 60.1 Å². The van der Waals surface area contributed by atoms with Gasteiger partial charge in [-0.2, -0.15) is 10.2 Å². The van der Waals surface area contributed by atoms with Gasteiger partial charge in [0, 0.05) is 18.5 Å².